The third-order valence-corrected chi connectivity index (χ3v) is 5.48. The third kappa shape index (κ3) is 5.07. The molecule has 7 heteroatoms. The summed E-state index contributed by atoms with van der Waals surface area (Å²) in [6.07, 6.45) is 2.21. The Balaban J connectivity index is 1.81. The summed E-state index contributed by atoms with van der Waals surface area (Å²) in [6, 6.07) is 0. The topological polar surface area (TPSA) is 71.8 Å². The summed E-state index contributed by atoms with van der Waals surface area (Å²) in [6.45, 7) is 8.77. The lowest BCUT2D eigenvalue weighted by molar-refractivity contribution is -0.126. The highest BCUT2D eigenvalue weighted by Gasteiger charge is 2.30. The van der Waals surface area contributed by atoms with E-state index in [-0.39, 0.29) is 17.7 Å². The molecule has 1 aliphatic rings. The van der Waals surface area contributed by atoms with E-state index < -0.39 is 0 Å². The zero-order valence-electron chi connectivity index (χ0n) is 15.2. The molecule has 1 fully saturated rings. The number of amides is 2. The molecule has 1 aromatic rings. The van der Waals surface area contributed by atoms with Gasteiger partial charge in [0.05, 0.1) is 10.0 Å². The quantitative estimate of drug-likeness (QED) is 0.695. The molecular weight excluding hydrogens is 388 g/mol. The summed E-state index contributed by atoms with van der Waals surface area (Å²) in [5, 5.41) is 2.96. The van der Waals surface area contributed by atoms with Crippen LogP contribution in [0, 0.1) is 19.8 Å². The van der Waals surface area contributed by atoms with Crippen molar-refractivity contribution in [2.24, 2.45) is 5.92 Å². The fraction of sp³-hybridized carbons (Fsp3) is 0.667. The van der Waals surface area contributed by atoms with Crippen molar-refractivity contribution >= 4 is 27.7 Å². The fourth-order valence-corrected chi connectivity index (χ4v) is 3.61. The van der Waals surface area contributed by atoms with E-state index in [0.29, 0.717) is 62.8 Å². The Hall–Kier alpha value is -1.34. The SMILES string of the molecule is CCOCCCNC(=O)C1CCN(C(=O)c2c(C)oc(C)c2Br)CC1. The summed E-state index contributed by atoms with van der Waals surface area (Å²) in [7, 11) is 0. The second kappa shape index (κ2) is 9.38. The summed E-state index contributed by atoms with van der Waals surface area (Å²) < 4.78 is 11.5. The number of ether oxygens (including phenoxy) is 1. The predicted octanol–water partition coefficient (Wildman–Crippen LogP) is 3.05. The summed E-state index contributed by atoms with van der Waals surface area (Å²) in [5.74, 6) is 1.37. The molecule has 25 heavy (non-hydrogen) atoms. The Morgan fingerprint density at radius 1 is 1.28 bits per heavy atom. The van der Waals surface area contributed by atoms with Crippen LogP contribution in [0.4, 0.5) is 0 Å². The van der Waals surface area contributed by atoms with Crippen LogP contribution in [0.25, 0.3) is 0 Å². The molecule has 2 heterocycles. The zero-order valence-corrected chi connectivity index (χ0v) is 16.8. The van der Waals surface area contributed by atoms with E-state index in [1.54, 1.807) is 11.8 Å². The Morgan fingerprint density at radius 3 is 2.52 bits per heavy atom. The van der Waals surface area contributed by atoms with Crippen molar-refractivity contribution in [3.8, 4) is 0 Å². The number of nitrogens with zero attached hydrogens (tertiary/aromatic N) is 1. The first kappa shape index (κ1) is 20.0. The maximum Gasteiger partial charge on any atom is 0.258 e. The Bertz CT molecular complexity index is 606. The first-order valence-electron chi connectivity index (χ1n) is 8.85. The van der Waals surface area contributed by atoms with Crippen LogP contribution in [0.15, 0.2) is 8.89 Å². The smallest absolute Gasteiger partial charge is 0.258 e. The molecule has 0 unspecified atom stereocenters. The molecular formula is C18H27BrN2O4. The average molecular weight is 415 g/mol. The van der Waals surface area contributed by atoms with Crippen LogP contribution in [0.2, 0.25) is 0 Å². The van der Waals surface area contributed by atoms with Crippen molar-refractivity contribution in [1.82, 2.24) is 10.2 Å². The fourth-order valence-electron chi connectivity index (χ4n) is 3.08. The monoisotopic (exact) mass is 414 g/mol. The largest absolute Gasteiger partial charge is 0.465 e. The Morgan fingerprint density at radius 2 is 1.96 bits per heavy atom. The molecule has 6 nitrogen and oxygen atoms in total. The van der Waals surface area contributed by atoms with E-state index in [0.717, 1.165) is 10.9 Å². The van der Waals surface area contributed by atoms with Gasteiger partial charge in [0.15, 0.2) is 0 Å². The van der Waals surface area contributed by atoms with Crippen molar-refractivity contribution in [3.05, 3.63) is 21.6 Å². The van der Waals surface area contributed by atoms with Gasteiger partial charge in [-0.3, -0.25) is 9.59 Å². The minimum absolute atomic E-state index is 0.0215. The van der Waals surface area contributed by atoms with Gasteiger partial charge in [-0.2, -0.15) is 0 Å². The second-order valence-corrected chi connectivity index (χ2v) is 7.10. The van der Waals surface area contributed by atoms with Crippen molar-refractivity contribution in [3.63, 3.8) is 0 Å². The Kier molecular flexibility index (Phi) is 7.50. The highest BCUT2D eigenvalue weighted by atomic mass is 79.9. The number of piperidine rings is 1. The Labute approximate surface area is 157 Å². The summed E-state index contributed by atoms with van der Waals surface area (Å²) in [5.41, 5.74) is 0.594. The minimum atomic E-state index is -0.0307. The lowest BCUT2D eigenvalue weighted by Crippen LogP contribution is -2.43. The number of hydrogen-bond acceptors (Lipinski definition) is 4. The molecule has 1 aliphatic heterocycles. The summed E-state index contributed by atoms with van der Waals surface area (Å²) in [4.78, 5) is 26.7. The average Bonchev–Trinajstić information content (AvgIpc) is 2.86. The highest BCUT2D eigenvalue weighted by molar-refractivity contribution is 9.10. The van der Waals surface area contributed by atoms with E-state index in [4.69, 9.17) is 9.15 Å². The van der Waals surface area contributed by atoms with Crippen molar-refractivity contribution < 1.29 is 18.7 Å². The number of carbonyl (C=O) groups is 2. The number of likely N-dealkylation sites (tertiary alicyclic amines) is 1. The van der Waals surface area contributed by atoms with Gasteiger partial charge in [-0.25, -0.2) is 0 Å². The van der Waals surface area contributed by atoms with Crippen molar-refractivity contribution in [2.75, 3.05) is 32.8 Å². The second-order valence-electron chi connectivity index (χ2n) is 6.31. The van der Waals surface area contributed by atoms with Gasteiger partial charge in [-0.1, -0.05) is 0 Å². The van der Waals surface area contributed by atoms with Gasteiger partial charge in [0.2, 0.25) is 5.91 Å². The van der Waals surface area contributed by atoms with Gasteiger partial charge in [0.1, 0.15) is 11.5 Å². The van der Waals surface area contributed by atoms with E-state index in [9.17, 15) is 9.59 Å². The highest BCUT2D eigenvalue weighted by Crippen LogP contribution is 2.29. The van der Waals surface area contributed by atoms with Crippen LogP contribution in [0.1, 0.15) is 48.1 Å². The van der Waals surface area contributed by atoms with Gasteiger partial charge in [-0.15, -0.1) is 0 Å². The maximum absolute atomic E-state index is 12.7. The van der Waals surface area contributed by atoms with E-state index >= 15 is 0 Å². The van der Waals surface area contributed by atoms with Gasteiger partial charge in [0, 0.05) is 38.8 Å². The van der Waals surface area contributed by atoms with Gasteiger partial charge < -0.3 is 19.4 Å². The summed E-state index contributed by atoms with van der Waals surface area (Å²) >= 11 is 3.43. The molecule has 0 bridgehead atoms. The predicted molar refractivity (Wildman–Crippen MR) is 98.6 cm³/mol. The molecule has 140 valence electrons. The first-order valence-corrected chi connectivity index (χ1v) is 9.65. The molecule has 1 saturated heterocycles. The number of hydrogen-bond donors (Lipinski definition) is 1. The van der Waals surface area contributed by atoms with Crippen LogP contribution < -0.4 is 5.32 Å². The lowest BCUT2D eigenvalue weighted by Gasteiger charge is -2.31. The van der Waals surface area contributed by atoms with Crippen molar-refractivity contribution in [2.45, 2.75) is 40.0 Å². The van der Waals surface area contributed by atoms with Gasteiger partial charge in [-0.05, 0) is 56.0 Å². The number of rotatable bonds is 7. The molecule has 0 aliphatic carbocycles. The number of halogens is 1. The number of nitrogens with one attached hydrogen (secondary N) is 1. The van der Waals surface area contributed by atoms with Crippen LogP contribution in [-0.4, -0.2) is 49.6 Å². The van der Waals surface area contributed by atoms with Gasteiger partial charge >= 0.3 is 0 Å². The molecule has 0 aromatic carbocycles. The number of carbonyl (C=O) groups excluding carboxylic acids is 2. The van der Waals surface area contributed by atoms with Crippen LogP contribution in [0.3, 0.4) is 0 Å². The van der Waals surface area contributed by atoms with Crippen molar-refractivity contribution in [1.29, 1.82) is 0 Å². The van der Waals surface area contributed by atoms with Crippen LogP contribution >= 0.6 is 15.9 Å². The van der Waals surface area contributed by atoms with Crippen LogP contribution in [0.5, 0.6) is 0 Å². The molecule has 0 spiro atoms. The molecule has 0 saturated carbocycles. The van der Waals surface area contributed by atoms with E-state index in [1.165, 1.54) is 0 Å². The molecule has 0 atom stereocenters. The first-order chi connectivity index (χ1) is 12.0. The lowest BCUT2D eigenvalue weighted by atomic mass is 9.95. The molecule has 2 rings (SSSR count). The van der Waals surface area contributed by atoms with Crippen LogP contribution in [-0.2, 0) is 9.53 Å². The molecule has 1 aromatic heterocycles. The number of aryl methyl sites for hydroxylation is 2. The maximum atomic E-state index is 12.7. The normalized spacial score (nSPS) is 15.4. The third-order valence-electron chi connectivity index (χ3n) is 4.52. The standard InChI is InChI=1S/C18H27BrN2O4/c1-4-24-11-5-8-20-17(22)14-6-9-21(10-7-14)18(23)15-12(2)25-13(3)16(15)19/h14H,4-11H2,1-3H3,(H,20,22). The van der Waals surface area contributed by atoms with Gasteiger partial charge in [0.25, 0.3) is 5.91 Å². The molecule has 2 amide bonds. The number of furan rings is 1. The minimum Gasteiger partial charge on any atom is -0.465 e. The molecule has 0 radical (unpaired) electrons. The van der Waals surface area contributed by atoms with E-state index in [2.05, 4.69) is 21.2 Å². The zero-order chi connectivity index (χ0) is 18.4. The molecule has 1 N–H and O–H groups in total. The van der Waals surface area contributed by atoms with E-state index in [1.807, 2.05) is 13.8 Å².